The van der Waals surface area contributed by atoms with Crippen molar-refractivity contribution in [1.82, 2.24) is 4.90 Å². The summed E-state index contributed by atoms with van der Waals surface area (Å²) >= 11 is 5.98. The first kappa shape index (κ1) is 15.3. The standard InChI is InChI=1S/C19H20ClNO/c1-13-18(22)12-17(14-8-10-16(20)11-9-14)21(2)19(13)15-6-4-3-5-7-15/h3-11,13,17,19H,12H2,1-2H3/t13-,17+,19-/m0/s1. The Balaban J connectivity index is 1.96. The van der Waals surface area contributed by atoms with Crippen LogP contribution in [0, 0.1) is 5.92 Å². The Morgan fingerprint density at radius 1 is 1.00 bits per heavy atom. The maximum Gasteiger partial charge on any atom is 0.139 e. The highest BCUT2D eigenvalue weighted by Crippen LogP contribution is 2.41. The summed E-state index contributed by atoms with van der Waals surface area (Å²) in [6.07, 6.45) is 0.558. The highest BCUT2D eigenvalue weighted by molar-refractivity contribution is 6.30. The third-order valence-corrected chi connectivity index (χ3v) is 4.95. The van der Waals surface area contributed by atoms with E-state index in [0.717, 1.165) is 10.6 Å². The van der Waals surface area contributed by atoms with Crippen LogP contribution in [0.15, 0.2) is 54.6 Å². The second kappa shape index (κ2) is 6.23. The molecular formula is C19H20ClNO. The molecule has 3 atom stereocenters. The summed E-state index contributed by atoms with van der Waals surface area (Å²) in [5.41, 5.74) is 2.34. The minimum absolute atomic E-state index is 0.0101. The van der Waals surface area contributed by atoms with Crippen molar-refractivity contribution in [1.29, 1.82) is 0 Å². The number of nitrogens with zero attached hydrogens (tertiary/aromatic N) is 1. The van der Waals surface area contributed by atoms with Gasteiger partial charge in [0, 0.05) is 29.4 Å². The number of hydrogen-bond donors (Lipinski definition) is 0. The quantitative estimate of drug-likeness (QED) is 0.803. The molecule has 22 heavy (non-hydrogen) atoms. The van der Waals surface area contributed by atoms with E-state index in [2.05, 4.69) is 24.1 Å². The smallest absolute Gasteiger partial charge is 0.139 e. The number of benzene rings is 2. The van der Waals surface area contributed by atoms with Gasteiger partial charge in [0.25, 0.3) is 0 Å². The predicted molar refractivity (Wildman–Crippen MR) is 89.9 cm³/mol. The van der Waals surface area contributed by atoms with Crippen molar-refractivity contribution in [2.24, 2.45) is 5.92 Å². The molecule has 2 aromatic carbocycles. The zero-order valence-electron chi connectivity index (χ0n) is 12.9. The number of likely N-dealkylation sites (tertiary alicyclic amines) is 1. The van der Waals surface area contributed by atoms with Gasteiger partial charge in [-0.25, -0.2) is 0 Å². The molecule has 0 saturated carbocycles. The lowest BCUT2D eigenvalue weighted by molar-refractivity contribution is -0.130. The van der Waals surface area contributed by atoms with Crippen LogP contribution in [0.2, 0.25) is 5.02 Å². The van der Waals surface area contributed by atoms with E-state index >= 15 is 0 Å². The molecule has 0 N–H and O–H groups in total. The maximum atomic E-state index is 12.5. The number of hydrogen-bond acceptors (Lipinski definition) is 2. The van der Waals surface area contributed by atoms with E-state index in [9.17, 15) is 4.79 Å². The fourth-order valence-electron chi connectivity index (χ4n) is 3.46. The molecule has 1 aliphatic rings. The molecule has 0 aromatic heterocycles. The normalized spacial score (nSPS) is 26.1. The van der Waals surface area contributed by atoms with Gasteiger partial charge >= 0.3 is 0 Å². The van der Waals surface area contributed by atoms with Crippen molar-refractivity contribution in [3.8, 4) is 0 Å². The zero-order chi connectivity index (χ0) is 15.7. The monoisotopic (exact) mass is 313 g/mol. The molecule has 0 aliphatic carbocycles. The lowest BCUT2D eigenvalue weighted by Gasteiger charge is -2.43. The Morgan fingerprint density at radius 2 is 1.64 bits per heavy atom. The molecule has 0 radical (unpaired) electrons. The van der Waals surface area contributed by atoms with Gasteiger partial charge < -0.3 is 0 Å². The van der Waals surface area contributed by atoms with Crippen LogP contribution in [0.4, 0.5) is 0 Å². The first-order chi connectivity index (χ1) is 10.6. The van der Waals surface area contributed by atoms with Gasteiger partial charge in [-0.3, -0.25) is 9.69 Å². The zero-order valence-corrected chi connectivity index (χ0v) is 13.6. The topological polar surface area (TPSA) is 20.3 Å². The Hall–Kier alpha value is -1.64. The van der Waals surface area contributed by atoms with E-state index in [4.69, 9.17) is 11.6 Å². The molecule has 114 valence electrons. The molecular weight excluding hydrogens is 294 g/mol. The number of piperidine rings is 1. The lowest BCUT2D eigenvalue weighted by atomic mass is 9.80. The molecule has 1 fully saturated rings. The van der Waals surface area contributed by atoms with Gasteiger partial charge in [-0.15, -0.1) is 0 Å². The highest BCUT2D eigenvalue weighted by Gasteiger charge is 2.39. The summed E-state index contributed by atoms with van der Waals surface area (Å²) in [6, 6.07) is 18.3. The number of carbonyl (C=O) groups excluding carboxylic acids is 1. The van der Waals surface area contributed by atoms with E-state index < -0.39 is 0 Å². The van der Waals surface area contributed by atoms with Crippen LogP contribution in [-0.2, 0) is 4.79 Å². The van der Waals surface area contributed by atoms with Gasteiger partial charge in [0.15, 0.2) is 0 Å². The fraction of sp³-hybridized carbons (Fsp3) is 0.316. The molecule has 2 nitrogen and oxygen atoms in total. The van der Waals surface area contributed by atoms with E-state index in [1.54, 1.807) is 0 Å². The Morgan fingerprint density at radius 3 is 2.27 bits per heavy atom. The average Bonchev–Trinajstić information content (AvgIpc) is 2.53. The summed E-state index contributed by atoms with van der Waals surface area (Å²) in [5.74, 6) is 0.336. The second-order valence-electron chi connectivity index (χ2n) is 6.05. The van der Waals surface area contributed by atoms with E-state index in [-0.39, 0.29) is 18.0 Å². The van der Waals surface area contributed by atoms with Crippen molar-refractivity contribution in [2.75, 3.05) is 7.05 Å². The molecule has 1 aliphatic heterocycles. The van der Waals surface area contributed by atoms with Crippen LogP contribution in [0.3, 0.4) is 0 Å². The molecule has 1 saturated heterocycles. The summed E-state index contributed by atoms with van der Waals surface area (Å²) in [7, 11) is 2.11. The first-order valence-electron chi connectivity index (χ1n) is 7.63. The number of ketones is 1. The van der Waals surface area contributed by atoms with Gasteiger partial charge in [0.05, 0.1) is 0 Å². The number of Topliss-reactive ketones (excluding diaryl/α,β-unsaturated/α-hetero) is 1. The minimum Gasteiger partial charge on any atom is -0.299 e. The summed E-state index contributed by atoms with van der Waals surface area (Å²) in [5, 5.41) is 0.724. The van der Waals surface area contributed by atoms with Crippen LogP contribution in [0.5, 0.6) is 0 Å². The first-order valence-corrected chi connectivity index (χ1v) is 8.01. The Bertz CT molecular complexity index is 653. The predicted octanol–water partition coefficient (Wildman–Crippen LogP) is 4.66. The van der Waals surface area contributed by atoms with Crippen molar-refractivity contribution >= 4 is 17.4 Å². The van der Waals surface area contributed by atoms with Crippen LogP contribution < -0.4 is 0 Å². The third kappa shape index (κ3) is 2.81. The van der Waals surface area contributed by atoms with Crippen molar-refractivity contribution in [2.45, 2.75) is 25.4 Å². The number of halogens is 1. The van der Waals surface area contributed by atoms with E-state index in [1.807, 2.05) is 49.4 Å². The van der Waals surface area contributed by atoms with Crippen LogP contribution in [-0.4, -0.2) is 17.7 Å². The molecule has 0 unspecified atom stereocenters. The highest BCUT2D eigenvalue weighted by atomic mass is 35.5. The van der Waals surface area contributed by atoms with E-state index in [1.165, 1.54) is 5.56 Å². The van der Waals surface area contributed by atoms with Gasteiger partial charge in [0.1, 0.15) is 5.78 Å². The summed E-state index contributed by atoms with van der Waals surface area (Å²) < 4.78 is 0. The molecule has 0 amide bonds. The largest absolute Gasteiger partial charge is 0.299 e. The average molecular weight is 314 g/mol. The number of rotatable bonds is 2. The van der Waals surface area contributed by atoms with Gasteiger partial charge in [-0.2, -0.15) is 0 Å². The molecule has 0 bridgehead atoms. The van der Waals surface area contributed by atoms with Gasteiger partial charge in [0.2, 0.25) is 0 Å². The maximum absolute atomic E-state index is 12.5. The van der Waals surface area contributed by atoms with Gasteiger partial charge in [-0.05, 0) is 30.3 Å². The van der Waals surface area contributed by atoms with Crippen LogP contribution >= 0.6 is 11.6 Å². The summed E-state index contributed by atoms with van der Waals surface area (Å²) in [4.78, 5) is 14.8. The van der Waals surface area contributed by atoms with Crippen LogP contribution in [0.1, 0.15) is 36.6 Å². The number of carbonyl (C=O) groups is 1. The SMILES string of the molecule is C[C@H]1C(=O)C[C@H](c2ccc(Cl)cc2)N(C)[C@@H]1c1ccccc1. The minimum atomic E-state index is 0.0101. The molecule has 1 heterocycles. The fourth-order valence-corrected chi connectivity index (χ4v) is 3.58. The van der Waals surface area contributed by atoms with Crippen LogP contribution in [0.25, 0.3) is 0 Å². The Labute approximate surface area is 136 Å². The Kier molecular flexibility index (Phi) is 4.32. The molecule has 3 heteroatoms. The lowest BCUT2D eigenvalue weighted by Crippen LogP contribution is -2.42. The molecule has 3 rings (SSSR count). The van der Waals surface area contributed by atoms with Crippen molar-refractivity contribution in [3.05, 3.63) is 70.7 Å². The van der Waals surface area contributed by atoms with E-state index in [0.29, 0.717) is 12.2 Å². The second-order valence-corrected chi connectivity index (χ2v) is 6.48. The van der Waals surface area contributed by atoms with Crippen molar-refractivity contribution in [3.63, 3.8) is 0 Å². The third-order valence-electron chi connectivity index (χ3n) is 4.70. The summed E-state index contributed by atoms with van der Waals surface area (Å²) in [6.45, 7) is 2.04. The van der Waals surface area contributed by atoms with Gasteiger partial charge in [-0.1, -0.05) is 61.0 Å². The van der Waals surface area contributed by atoms with Crippen molar-refractivity contribution < 1.29 is 4.79 Å². The molecule has 0 spiro atoms. The molecule has 2 aromatic rings.